The van der Waals surface area contributed by atoms with Crippen molar-refractivity contribution < 1.29 is 14.7 Å². The van der Waals surface area contributed by atoms with Crippen molar-refractivity contribution in [3.05, 3.63) is 29.8 Å². The van der Waals surface area contributed by atoms with E-state index in [0.29, 0.717) is 12.1 Å². The number of amides is 1. The molecule has 0 radical (unpaired) electrons. The summed E-state index contributed by atoms with van der Waals surface area (Å²) in [4.78, 5) is 23.1. The van der Waals surface area contributed by atoms with E-state index in [-0.39, 0.29) is 6.54 Å². The van der Waals surface area contributed by atoms with Gasteiger partial charge >= 0.3 is 5.97 Å². The van der Waals surface area contributed by atoms with Gasteiger partial charge in [-0.3, -0.25) is 9.59 Å². The number of hydrogen-bond donors (Lipinski definition) is 2. The van der Waals surface area contributed by atoms with Gasteiger partial charge in [-0.15, -0.1) is 0 Å². The fraction of sp³-hybridized carbons (Fsp3) is 0.273. The summed E-state index contributed by atoms with van der Waals surface area (Å²) < 4.78 is 0. The number of hydrogen-bond acceptors (Lipinski definition) is 3. The molecule has 0 saturated carbocycles. The Hall–Kier alpha value is -2.04. The summed E-state index contributed by atoms with van der Waals surface area (Å²) in [5.74, 6) is -1.38. The second-order valence-corrected chi connectivity index (χ2v) is 3.32. The van der Waals surface area contributed by atoms with Crippen molar-refractivity contribution in [3.63, 3.8) is 0 Å². The highest BCUT2D eigenvalue weighted by Crippen LogP contribution is 2.14. The lowest BCUT2D eigenvalue weighted by molar-refractivity contribution is -0.135. The molecular weight excluding hydrogens is 208 g/mol. The van der Waals surface area contributed by atoms with Crippen molar-refractivity contribution >= 4 is 17.6 Å². The van der Waals surface area contributed by atoms with Crippen LogP contribution in [0.5, 0.6) is 0 Å². The normalized spacial score (nSPS) is 9.81. The Morgan fingerprint density at radius 1 is 1.31 bits per heavy atom. The maximum Gasteiger partial charge on any atom is 0.323 e. The zero-order valence-electron chi connectivity index (χ0n) is 9.01. The van der Waals surface area contributed by atoms with E-state index in [1.165, 1.54) is 0 Å². The van der Waals surface area contributed by atoms with Crippen LogP contribution >= 0.6 is 0 Å². The molecule has 0 spiro atoms. The van der Waals surface area contributed by atoms with Gasteiger partial charge in [-0.25, -0.2) is 0 Å². The Morgan fingerprint density at radius 2 is 1.88 bits per heavy atom. The molecule has 0 aromatic heterocycles. The predicted molar refractivity (Wildman–Crippen MR) is 60.5 cm³/mol. The van der Waals surface area contributed by atoms with Crippen LogP contribution in [0.2, 0.25) is 0 Å². The van der Waals surface area contributed by atoms with Gasteiger partial charge in [0, 0.05) is 17.8 Å². The number of carbonyl (C=O) groups is 2. The second-order valence-electron chi connectivity index (χ2n) is 3.32. The molecule has 1 amide bonds. The van der Waals surface area contributed by atoms with Crippen LogP contribution in [-0.2, 0) is 4.79 Å². The molecule has 0 fully saturated rings. The quantitative estimate of drug-likeness (QED) is 0.768. The van der Waals surface area contributed by atoms with Gasteiger partial charge in [0.05, 0.1) is 0 Å². The number of anilines is 1. The molecule has 16 heavy (non-hydrogen) atoms. The molecule has 5 nitrogen and oxygen atoms in total. The van der Waals surface area contributed by atoms with Crippen LogP contribution in [0.15, 0.2) is 24.3 Å². The van der Waals surface area contributed by atoms with Crippen molar-refractivity contribution in [2.24, 2.45) is 5.73 Å². The zero-order valence-corrected chi connectivity index (χ0v) is 9.01. The van der Waals surface area contributed by atoms with Crippen LogP contribution in [0.4, 0.5) is 5.69 Å². The molecular formula is C11H14N2O3. The maximum atomic E-state index is 10.8. The number of carboxylic acid groups (broad SMARTS) is 1. The number of nitrogens with two attached hydrogens (primary N) is 1. The van der Waals surface area contributed by atoms with E-state index in [1.54, 1.807) is 29.2 Å². The average molecular weight is 222 g/mol. The number of benzene rings is 1. The molecule has 5 heteroatoms. The fourth-order valence-electron chi connectivity index (χ4n) is 1.39. The summed E-state index contributed by atoms with van der Waals surface area (Å²) in [7, 11) is 0. The standard InChI is InChI=1S/C11H14N2O3/c1-2-13(7-10(14)15)9-5-3-8(4-6-9)11(12)16/h3-6H,2,7H2,1H3,(H2,12,16)(H,14,15). The summed E-state index contributed by atoms with van der Waals surface area (Å²) in [5, 5.41) is 8.70. The number of nitrogens with zero attached hydrogens (tertiary/aromatic N) is 1. The molecule has 0 aliphatic heterocycles. The van der Waals surface area contributed by atoms with Gasteiger partial charge in [0.15, 0.2) is 0 Å². The summed E-state index contributed by atoms with van der Waals surface area (Å²) in [6.45, 7) is 2.39. The Kier molecular flexibility index (Phi) is 3.88. The Bertz CT molecular complexity index is 387. The van der Waals surface area contributed by atoms with Gasteiger partial charge in [0.25, 0.3) is 0 Å². The van der Waals surface area contributed by atoms with Crippen LogP contribution in [0.25, 0.3) is 0 Å². The third-order valence-corrected chi connectivity index (χ3v) is 2.22. The minimum absolute atomic E-state index is 0.0631. The number of carboxylic acids is 1. The van der Waals surface area contributed by atoms with Gasteiger partial charge < -0.3 is 15.7 Å². The largest absolute Gasteiger partial charge is 0.480 e. The highest BCUT2D eigenvalue weighted by Gasteiger charge is 2.09. The Morgan fingerprint density at radius 3 is 2.25 bits per heavy atom. The fourth-order valence-corrected chi connectivity index (χ4v) is 1.39. The molecule has 1 rings (SSSR count). The van der Waals surface area contributed by atoms with Gasteiger partial charge in [0.1, 0.15) is 6.54 Å². The molecule has 3 N–H and O–H groups in total. The average Bonchev–Trinajstić information content (AvgIpc) is 2.25. The third-order valence-electron chi connectivity index (χ3n) is 2.22. The van der Waals surface area contributed by atoms with Crippen LogP contribution in [0, 0.1) is 0 Å². The van der Waals surface area contributed by atoms with Gasteiger partial charge in [-0.05, 0) is 31.2 Å². The van der Waals surface area contributed by atoms with E-state index >= 15 is 0 Å². The molecule has 0 aliphatic rings. The Balaban J connectivity index is 2.86. The third kappa shape index (κ3) is 2.98. The van der Waals surface area contributed by atoms with Crippen LogP contribution in [-0.4, -0.2) is 30.1 Å². The van der Waals surface area contributed by atoms with Gasteiger partial charge in [0.2, 0.25) is 5.91 Å². The SMILES string of the molecule is CCN(CC(=O)O)c1ccc(C(N)=O)cc1. The summed E-state index contributed by atoms with van der Waals surface area (Å²) in [6.07, 6.45) is 0. The highest BCUT2D eigenvalue weighted by molar-refractivity contribution is 5.93. The predicted octanol–water partition coefficient (Wildman–Crippen LogP) is 0.696. The zero-order chi connectivity index (χ0) is 12.1. The first-order chi connectivity index (χ1) is 7.54. The number of primary amides is 1. The highest BCUT2D eigenvalue weighted by atomic mass is 16.4. The van der Waals surface area contributed by atoms with E-state index in [0.717, 1.165) is 5.69 Å². The van der Waals surface area contributed by atoms with E-state index in [4.69, 9.17) is 10.8 Å². The van der Waals surface area contributed by atoms with Crippen molar-refractivity contribution in [1.29, 1.82) is 0 Å². The first kappa shape index (κ1) is 12.0. The van der Waals surface area contributed by atoms with Crippen LogP contribution < -0.4 is 10.6 Å². The number of likely N-dealkylation sites (N-methyl/N-ethyl adjacent to an activating group) is 1. The number of carbonyl (C=O) groups excluding carboxylic acids is 1. The Labute approximate surface area is 93.5 Å². The summed E-state index contributed by atoms with van der Waals surface area (Å²) in [5.41, 5.74) is 6.28. The molecule has 0 atom stereocenters. The topological polar surface area (TPSA) is 83.6 Å². The van der Waals surface area contributed by atoms with Gasteiger partial charge in [-0.1, -0.05) is 0 Å². The smallest absolute Gasteiger partial charge is 0.323 e. The summed E-state index contributed by atoms with van der Waals surface area (Å²) >= 11 is 0. The minimum Gasteiger partial charge on any atom is -0.480 e. The monoisotopic (exact) mass is 222 g/mol. The summed E-state index contributed by atoms with van der Waals surface area (Å²) in [6, 6.07) is 6.55. The van der Waals surface area contributed by atoms with E-state index in [2.05, 4.69) is 0 Å². The van der Waals surface area contributed by atoms with Crippen molar-refractivity contribution in [3.8, 4) is 0 Å². The van der Waals surface area contributed by atoms with Gasteiger partial charge in [-0.2, -0.15) is 0 Å². The van der Waals surface area contributed by atoms with Crippen molar-refractivity contribution in [2.45, 2.75) is 6.92 Å². The van der Waals surface area contributed by atoms with E-state index < -0.39 is 11.9 Å². The molecule has 0 aliphatic carbocycles. The van der Waals surface area contributed by atoms with Crippen molar-refractivity contribution in [2.75, 3.05) is 18.0 Å². The lowest BCUT2D eigenvalue weighted by Crippen LogP contribution is -2.29. The molecule has 0 bridgehead atoms. The first-order valence-electron chi connectivity index (χ1n) is 4.91. The molecule has 1 aromatic carbocycles. The van der Waals surface area contributed by atoms with E-state index in [1.807, 2.05) is 6.92 Å². The number of rotatable bonds is 5. The molecule has 1 aromatic rings. The van der Waals surface area contributed by atoms with Crippen LogP contribution in [0.3, 0.4) is 0 Å². The van der Waals surface area contributed by atoms with E-state index in [9.17, 15) is 9.59 Å². The lowest BCUT2D eigenvalue weighted by atomic mass is 10.2. The molecule has 0 saturated heterocycles. The van der Waals surface area contributed by atoms with Crippen molar-refractivity contribution in [1.82, 2.24) is 0 Å². The van der Waals surface area contributed by atoms with Crippen LogP contribution in [0.1, 0.15) is 17.3 Å². The second kappa shape index (κ2) is 5.16. The minimum atomic E-state index is -0.888. The maximum absolute atomic E-state index is 10.8. The molecule has 0 heterocycles. The molecule has 86 valence electrons. The first-order valence-corrected chi connectivity index (χ1v) is 4.91. The lowest BCUT2D eigenvalue weighted by Gasteiger charge is -2.20. The number of aliphatic carboxylic acids is 1. The molecule has 0 unspecified atom stereocenters.